The summed E-state index contributed by atoms with van der Waals surface area (Å²) < 4.78 is 45.2. The maximum atomic E-state index is 13.2. The number of hydrogen-bond acceptors (Lipinski definition) is 12. The molecule has 2 aromatic rings. The third-order valence-corrected chi connectivity index (χ3v) is 14.6. The Bertz CT molecular complexity index is 1520. The molecule has 2 aromatic carbocycles. The molecule has 0 unspecified atom stereocenters. The molecule has 2 heterocycles. The zero-order valence-electron chi connectivity index (χ0n) is 40.8. The lowest BCUT2D eigenvalue weighted by Gasteiger charge is -2.09. The molecule has 0 amide bonds. The van der Waals surface area contributed by atoms with Crippen molar-refractivity contribution in [2.75, 3.05) is 92.5 Å². The Kier molecular flexibility index (Phi) is 31.9. The molecule has 0 spiro atoms. The fourth-order valence-electron chi connectivity index (χ4n) is 8.00. The first-order valence-corrected chi connectivity index (χ1v) is 27.4. The van der Waals surface area contributed by atoms with Gasteiger partial charge in [-0.25, -0.2) is 9.59 Å². The summed E-state index contributed by atoms with van der Waals surface area (Å²) >= 11 is 3.25. The van der Waals surface area contributed by atoms with Gasteiger partial charge in [-0.05, 0) is 36.1 Å². The summed E-state index contributed by atoms with van der Waals surface area (Å²) in [5, 5.41) is 0. The van der Waals surface area contributed by atoms with Crippen LogP contribution in [0.5, 0.6) is 0 Å². The van der Waals surface area contributed by atoms with Crippen molar-refractivity contribution >= 4 is 35.5 Å². The number of carbonyl (C=O) groups is 2. The number of fused-ring (bicyclic) bond motifs is 2. The Morgan fingerprint density at radius 2 is 0.667 bits per heavy atom. The largest absolute Gasteiger partial charge is 0.460 e. The van der Waals surface area contributed by atoms with Crippen LogP contribution in [0, 0.1) is 0 Å². The van der Waals surface area contributed by atoms with Gasteiger partial charge in [0, 0.05) is 45.7 Å². The molecule has 0 N–H and O–H groups in total. The number of benzene rings is 2. The predicted molar refractivity (Wildman–Crippen MR) is 268 cm³/mol. The first kappa shape index (κ1) is 56.2. The van der Waals surface area contributed by atoms with Gasteiger partial charge >= 0.3 is 11.9 Å². The van der Waals surface area contributed by atoms with Crippen LogP contribution in [0.4, 0.5) is 0 Å². The highest BCUT2D eigenvalue weighted by molar-refractivity contribution is 8.07. The minimum Gasteiger partial charge on any atom is -0.460 e. The zero-order chi connectivity index (χ0) is 46.5. The van der Waals surface area contributed by atoms with Crippen molar-refractivity contribution in [3.05, 3.63) is 68.5 Å². The molecule has 0 radical (unpaired) electrons. The fourth-order valence-corrected chi connectivity index (χ4v) is 10.6. The molecule has 2 aliphatic rings. The molecule has 372 valence electrons. The first-order chi connectivity index (χ1) is 32.6. The number of ether oxygens (including phenoxy) is 8. The standard InChI is InChI=1S/C54H84O10S2/c1-3-5-7-9-11-13-15-17-19-21-29-57-31-33-59-35-37-61-39-41-63-53(55)47-27-23-25-45-43-49(65-51(45)47)50-44-46-26-24-28-48(52(46)66-50)54(56)64-42-40-62-38-36-60-34-32-58-30-22-20-18-16-14-12-10-8-6-4-2/h23-28H,3-22,29-44H2,1-2H3/b50-49-. The van der Waals surface area contributed by atoms with Crippen LogP contribution in [0.25, 0.3) is 0 Å². The third-order valence-electron chi connectivity index (χ3n) is 11.8. The molecule has 2 aliphatic heterocycles. The average molecular weight is 957 g/mol. The van der Waals surface area contributed by atoms with Gasteiger partial charge in [0.25, 0.3) is 0 Å². The second kappa shape index (κ2) is 37.5. The number of thioether (sulfide) groups is 2. The quantitative estimate of drug-likeness (QED) is 0.0467. The summed E-state index contributed by atoms with van der Waals surface area (Å²) in [7, 11) is 0. The highest BCUT2D eigenvalue weighted by atomic mass is 32.2. The summed E-state index contributed by atoms with van der Waals surface area (Å²) in [5.74, 6) is -0.706. The van der Waals surface area contributed by atoms with E-state index in [0.717, 1.165) is 59.8 Å². The van der Waals surface area contributed by atoms with Gasteiger partial charge in [-0.2, -0.15) is 0 Å². The molecule has 4 rings (SSSR count). The van der Waals surface area contributed by atoms with Gasteiger partial charge in [-0.3, -0.25) is 0 Å². The van der Waals surface area contributed by atoms with E-state index in [2.05, 4.69) is 26.0 Å². The number of unbranched alkanes of at least 4 members (excludes halogenated alkanes) is 18. The molecule has 0 atom stereocenters. The third kappa shape index (κ3) is 23.7. The van der Waals surface area contributed by atoms with Crippen LogP contribution in [0.3, 0.4) is 0 Å². The Labute approximate surface area is 407 Å². The van der Waals surface area contributed by atoms with Gasteiger partial charge in [-0.1, -0.05) is 177 Å². The monoisotopic (exact) mass is 957 g/mol. The van der Waals surface area contributed by atoms with Gasteiger partial charge in [0.1, 0.15) is 13.2 Å². The Hall–Kier alpha value is -2.42. The summed E-state index contributed by atoms with van der Waals surface area (Å²) in [6, 6.07) is 11.6. The van der Waals surface area contributed by atoms with Crippen molar-refractivity contribution in [1.29, 1.82) is 0 Å². The smallest absolute Gasteiger partial charge is 0.339 e. The molecule has 10 nitrogen and oxygen atoms in total. The van der Waals surface area contributed by atoms with Gasteiger partial charge in [0.05, 0.1) is 77.2 Å². The van der Waals surface area contributed by atoms with Crippen LogP contribution in [0.2, 0.25) is 0 Å². The molecule has 66 heavy (non-hydrogen) atoms. The van der Waals surface area contributed by atoms with E-state index in [0.29, 0.717) is 77.2 Å². The fraction of sp³-hybridized carbons (Fsp3) is 0.704. The molecule has 12 heteroatoms. The van der Waals surface area contributed by atoms with E-state index in [1.165, 1.54) is 125 Å². The first-order valence-electron chi connectivity index (χ1n) is 25.7. The highest BCUT2D eigenvalue weighted by Crippen LogP contribution is 2.51. The normalized spacial score (nSPS) is 14.2. The van der Waals surface area contributed by atoms with Crippen molar-refractivity contribution in [3.63, 3.8) is 0 Å². The lowest BCUT2D eigenvalue weighted by atomic mass is 10.1. The van der Waals surface area contributed by atoms with Crippen LogP contribution in [-0.4, -0.2) is 104 Å². The number of hydrogen-bond donors (Lipinski definition) is 0. The summed E-state index contributed by atoms with van der Waals surface area (Å²) in [6.07, 6.45) is 27.9. The van der Waals surface area contributed by atoms with E-state index >= 15 is 0 Å². The zero-order valence-corrected chi connectivity index (χ0v) is 42.5. The van der Waals surface area contributed by atoms with Gasteiger partial charge < -0.3 is 37.9 Å². The number of carbonyl (C=O) groups excluding carboxylic acids is 2. The molecule has 0 aliphatic carbocycles. The van der Waals surface area contributed by atoms with Crippen LogP contribution in [-0.2, 0) is 50.7 Å². The predicted octanol–water partition coefficient (Wildman–Crippen LogP) is 13.1. The molecular formula is C54H84O10S2. The van der Waals surface area contributed by atoms with Crippen molar-refractivity contribution in [2.24, 2.45) is 0 Å². The Balaban J connectivity index is 1.00. The SMILES string of the molecule is CCCCCCCCCCCCOCCOCCOCCOC(=O)c1cccc2c1S/C(=C1/Cc3cccc(C(=O)OCCOCCOCCOCCCCCCCCCCCC)c3S1)C2. The second-order valence-electron chi connectivity index (χ2n) is 17.3. The lowest BCUT2D eigenvalue weighted by molar-refractivity contribution is -0.00000987. The maximum Gasteiger partial charge on any atom is 0.339 e. The van der Waals surface area contributed by atoms with Gasteiger partial charge in [-0.15, -0.1) is 0 Å². The topological polar surface area (TPSA) is 108 Å². The van der Waals surface area contributed by atoms with Crippen molar-refractivity contribution in [2.45, 2.75) is 165 Å². The average Bonchev–Trinajstić information content (AvgIpc) is 3.98. The van der Waals surface area contributed by atoms with E-state index in [9.17, 15) is 9.59 Å². The van der Waals surface area contributed by atoms with Gasteiger partial charge in [0.15, 0.2) is 0 Å². The Morgan fingerprint density at radius 3 is 1.00 bits per heavy atom. The van der Waals surface area contributed by atoms with Crippen LogP contribution in [0.15, 0.2) is 56.0 Å². The molecule has 0 aromatic heterocycles. The number of rotatable bonds is 42. The minimum absolute atomic E-state index is 0.170. The van der Waals surface area contributed by atoms with Crippen LogP contribution >= 0.6 is 23.5 Å². The van der Waals surface area contributed by atoms with E-state index < -0.39 is 0 Å². The number of esters is 2. The van der Waals surface area contributed by atoms with E-state index in [4.69, 9.17) is 37.9 Å². The number of allylic oxidation sites excluding steroid dienone is 2. The van der Waals surface area contributed by atoms with E-state index in [1.807, 2.05) is 24.3 Å². The molecule has 0 fully saturated rings. The van der Waals surface area contributed by atoms with Crippen molar-refractivity contribution in [1.82, 2.24) is 0 Å². The maximum absolute atomic E-state index is 13.2. The summed E-state index contributed by atoms with van der Waals surface area (Å²) in [5.41, 5.74) is 3.34. The molecular weight excluding hydrogens is 873 g/mol. The lowest BCUT2D eigenvalue weighted by Crippen LogP contribution is -2.14. The molecule has 0 saturated heterocycles. The molecule has 0 saturated carbocycles. The highest BCUT2D eigenvalue weighted by Gasteiger charge is 2.30. The van der Waals surface area contributed by atoms with Crippen molar-refractivity contribution < 1.29 is 47.5 Å². The van der Waals surface area contributed by atoms with Crippen LogP contribution < -0.4 is 0 Å². The molecule has 0 bridgehead atoms. The van der Waals surface area contributed by atoms with Gasteiger partial charge in [0.2, 0.25) is 0 Å². The minimum atomic E-state index is -0.353. The van der Waals surface area contributed by atoms with E-state index in [1.54, 1.807) is 23.5 Å². The summed E-state index contributed by atoms with van der Waals surface area (Å²) in [4.78, 5) is 30.6. The Morgan fingerprint density at radius 1 is 0.379 bits per heavy atom. The van der Waals surface area contributed by atoms with Crippen molar-refractivity contribution in [3.8, 4) is 0 Å². The summed E-state index contributed by atoms with van der Waals surface area (Å²) in [6.45, 7) is 11.2. The van der Waals surface area contributed by atoms with E-state index in [-0.39, 0.29) is 25.2 Å². The van der Waals surface area contributed by atoms with Crippen LogP contribution in [0.1, 0.15) is 174 Å². The second-order valence-corrected chi connectivity index (χ2v) is 19.5.